The second-order valence-electron chi connectivity index (χ2n) is 5.49. The van der Waals surface area contributed by atoms with Gasteiger partial charge < -0.3 is 9.26 Å². The van der Waals surface area contributed by atoms with E-state index in [2.05, 4.69) is 20.3 Å². The molecule has 0 saturated carbocycles. The summed E-state index contributed by atoms with van der Waals surface area (Å²) in [5.41, 5.74) is 1.52. The summed E-state index contributed by atoms with van der Waals surface area (Å²) < 4.78 is 24.9. The molecule has 1 aromatic carbocycles. The van der Waals surface area contributed by atoms with Crippen molar-refractivity contribution in [3.63, 3.8) is 0 Å². The lowest BCUT2D eigenvalue weighted by Gasteiger charge is -2.04. The third kappa shape index (κ3) is 2.75. The van der Waals surface area contributed by atoms with Gasteiger partial charge in [-0.15, -0.1) is 0 Å². The molecular weight excluding hydrogens is 299 g/mol. The molecule has 1 N–H and O–H groups in total. The van der Waals surface area contributed by atoms with Crippen LogP contribution in [0.5, 0.6) is 0 Å². The monoisotopic (exact) mass is 314 g/mol. The van der Waals surface area contributed by atoms with E-state index in [4.69, 9.17) is 9.26 Å². The molecule has 1 saturated heterocycles. The molecule has 0 spiro atoms. The molecule has 1 aliphatic heterocycles. The van der Waals surface area contributed by atoms with Crippen molar-refractivity contribution in [3.8, 4) is 22.7 Å². The number of hydrogen-bond donors (Lipinski definition) is 1. The van der Waals surface area contributed by atoms with Gasteiger partial charge >= 0.3 is 0 Å². The lowest BCUT2D eigenvalue weighted by atomic mass is 10.1. The maximum Gasteiger partial charge on any atom is 0.261 e. The summed E-state index contributed by atoms with van der Waals surface area (Å²) in [6.45, 7) is 0.786. The lowest BCUT2D eigenvalue weighted by molar-refractivity contribution is 0.109. The van der Waals surface area contributed by atoms with E-state index in [0.717, 1.165) is 19.4 Å². The van der Waals surface area contributed by atoms with Crippen LogP contribution < -0.4 is 0 Å². The first-order valence-electron chi connectivity index (χ1n) is 7.54. The van der Waals surface area contributed by atoms with Crippen LogP contribution in [0.4, 0.5) is 4.39 Å². The van der Waals surface area contributed by atoms with Crippen LogP contribution in [0.15, 0.2) is 35.0 Å². The molecule has 0 radical (unpaired) electrons. The zero-order valence-electron chi connectivity index (χ0n) is 12.3. The first-order chi connectivity index (χ1) is 11.3. The topological polar surface area (TPSA) is 76.8 Å². The third-order valence-corrected chi connectivity index (χ3v) is 3.92. The van der Waals surface area contributed by atoms with E-state index >= 15 is 0 Å². The van der Waals surface area contributed by atoms with Crippen molar-refractivity contribution >= 4 is 0 Å². The molecule has 0 bridgehead atoms. The maximum atomic E-state index is 14.0. The van der Waals surface area contributed by atoms with Crippen molar-refractivity contribution in [2.45, 2.75) is 25.4 Å². The van der Waals surface area contributed by atoms with Crippen molar-refractivity contribution in [2.75, 3.05) is 6.61 Å². The minimum Gasteiger partial charge on any atom is -0.378 e. The Balaban J connectivity index is 1.63. The first-order valence-corrected chi connectivity index (χ1v) is 7.54. The van der Waals surface area contributed by atoms with E-state index in [1.165, 1.54) is 6.07 Å². The molecule has 3 heterocycles. The molecule has 0 amide bonds. The van der Waals surface area contributed by atoms with E-state index in [1.807, 2.05) is 0 Å². The zero-order valence-corrected chi connectivity index (χ0v) is 12.3. The average molecular weight is 314 g/mol. The van der Waals surface area contributed by atoms with Gasteiger partial charge in [-0.25, -0.2) is 4.39 Å². The van der Waals surface area contributed by atoms with Crippen molar-refractivity contribution in [1.29, 1.82) is 0 Å². The second-order valence-corrected chi connectivity index (χ2v) is 5.49. The molecule has 1 fully saturated rings. The summed E-state index contributed by atoms with van der Waals surface area (Å²) in [4.78, 5) is 4.39. The largest absolute Gasteiger partial charge is 0.378 e. The normalized spacial score (nSPS) is 17.7. The number of rotatable bonds is 4. The van der Waals surface area contributed by atoms with E-state index in [-0.39, 0.29) is 11.9 Å². The third-order valence-electron chi connectivity index (χ3n) is 3.92. The van der Waals surface area contributed by atoms with Gasteiger partial charge in [-0.1, -0.05) is 17.3 Å². The highest BCUT2D eigenvalue weighted by atomic mass is 19.1. The summed E-state index contributed by atoms with van der Waals surface area (Å²) in [5, 5.41) is 10.8. The predicted molar refractivity (Wildman–Crippen MR) is 80.0 cm³/mol. The van der Waals surface area contributed by atoms with E-state index < -0.39 is 0 Å². The van der Waals surface area contributed by atoms with E-state index in [0.29, 0.717) is 35.0 Å². The number of benzene rings is 1. The fraction of sp³-hybridized carbons (Fsp3) is 0.312. The number of ether oxygens (including phenoxy) is 1. The van der Waals surface area contributed by atoms with E-state index in [9.17, 15) is 4.39 Å². The van der Waals surface area contributed by atoms with Crippen LogP contribution in [-0.4, -0.2) is 33.0 Å². The summed E-state index contributed by atoms with van der Waals surface area (Å²) in [6, 6.07) is 6.48. The van der Waals surface area contributed by atoms with Gasteiger partial charge in [-0.3, -0.25) is 5.10 Å². The fourth-order valence-corrected chi connectivity index (χ4v) is 2.77. The van der Waals surface area contributed by atoms with Gasteiger partial charge in [-0.2, -0.15) is 10.1 Å². The molecule has 2 aromatic heterocycles. The number of nitrogens with zero attached hydrogens (tertiary/aromatic N) is 3. The second kappa shape index (κ2) is 5.92. The summed E-state index contributed by atoms with van der Waals surface area (Å²) in [7, 11) is 0. The van der Waals surface area contributed by atoms with Gasteiger partial charge in [0.1, 0.15) is 5.82 Å². The van der Waals surface area contributed by atoms with Gasteiger partial charge in [-0.05, 0) is 25.0 Å². The molecule has 1 unspecified atom stereocenters. The van der Waals surface area contributed by atoms with Crippen molar-refractivity contribution in [3.05, 3.63) is 42.1 Å². The SMILES string of the molecule is Fc1ccccc1-c1[nH]ncc1-c1nc(CC2CCCO2)no1. The highest BCUT2D eigenvalue weighted by Gasteiger charge is 2.22. The average Bonchev–Trinajstić information content (AvgIpc) is 3.28. The predicted octanol–water partition coefficient (Wildman–Crippen LogP) is 2.99. The highest BCUT2D eigenvalue weighted by Crippen LogP contribution is 2.30. The molecule has 6 nitrogen and oxygen atoms in total. The number of aromatic nitrogens is 4. The van der Waals surface area contributed by atoms with Gasteiger partial charge in [0.15, 0.2) is 5.82 Å². The minimum atomic E-state index is -0.336. The van der Waals surface area contributed by atoms with Crippen LogP contribution in [0.2, 0.25) is 0 Å². The van der Waals surface area contributed by atoms with Crippen LogP contribution in [-0.2, 0) is 11.2 Å². The van der Waals surface area contributed by atoms with Crippen LogP contribution in [0, 0.1) is 5.82 Å². The lowest BCUT2D eigenvalue weighted by Crippen LogP contribution is -2.09. The number of nitrogens with one attached hydrogen (secondary N) is 1. The van der Waals surface area contributed by atoms with Crippen LogP contribution in [0.1, 0.15) is 18.7 Å². The molecule has 23 heavy (non-hydrogen) atoms. The molecule has 0 aliphatic carbocycles. The van der Waals surface area contributed by atoms with Crippen molar-refractivity contribution in [1.82, 2.24) is 20.3 Å². The molecule has 1 aliphatic rings. The van der Waals surface area contributed by atoms with Crippen molar-refractivity contribution < 1.29 is 13.7 Å². The molecule has 4 rings (SSSR count). The van der Waals surface area contributed by atoms with Crippen LogP contribution >= 0.6 is 0 Å². The number of aromatic amines is 1. The van der Waals surface area contributed by atoms with E-state index in [1.54, 1.807) is 24.4 Å². The standard InChI is InChI=1S/C16H15FN4O2/c17-13-6-2-1-5-11(13)15-12(9-18-20-15)16-19-14(21-23-16)8-10-4-3-7-22-10/h1-2,5-6,9-10H,3-4,7-8H2,(H,18,20). The van der Waals surface area contributed by atoms with Gasteiger partial charge in [0.25, 0.3) is 5.89 Å². The Labute approximate surface area is 131 Å². The Kier molecular flexibility index (Phi) is 3.63. The highest BCUT2D eigenvalue weighted by molar-refractivity contribution is 5.76. The quantitative estimate of drug-likeness (QED) is 0.801. The fourth-order valence-electron chi connectivity index (χ4n) is 2.77. The van der Waals surface area contributed by atoms with Gasteiger partial charge in [0.05, 0.1) is 23.6 Å². The maximum absolute atomic E-state index is 14.0. The molecular formula is C16H15FN4O2. The van der Waals surface area contributed by atoms with Crippen LogP contribution in [0.25, 0.3) is 22.7 Å². The van der Waals surface area contributed by atoms with Crippen molar-refractivity contribution in [2.24, 2.45) is 0 Å². The Morgan fingerprint density at radius 1 is 1.26 bits per heavy atom. The number of H-pyrrole nitrogens is 1. The minimum absolute atomic E-state index is 0.149. The summed E-state index contributed by atoms with van der Waals surface area (Å²) >= 11 is 0. The number of halogens is 1. The summed E-state index contributed by atoms with van der Waals surface area (Å²) in [6.07, 6.45) is 4.40. The number of hydrogen-bond acceptors (Lipinski definition) is 5. The summed E-state index contributed by atoms with van der Waals surface area (Å²) in [5.74, 6) is 0.578. The smallest absolute Gasteiger partial charge is 0.261 e. The molecule has 3 aromatic rings. The molecule has 7 heteroatoms. The Bertz CT molecular complexity index is 808. The first kappa shape index (κ1) is 14.1. The molecule has 1 atom stereocenters. The Morgan fingerprint density at radius 3 is 3.00 bits per heavy atom. The van der Waals surface area contributed by atoms with Gasteiger partial charge in [0, 0.05) is 18.6 Å². The molecule has 118 valence electrons. The zero-order chi connectivity index (χ0) is 15.6. The van der Waals surface area contributed by atoms with Gasteiger partial charge in [0.2, 0.25) is 0 Å². The Hall–Kier alpha value is -2.54. The Morgan fingerprint density at radius 2 is 2.17 bits per heavy atom. The van der Waals surface area contributed by atoms with Crippen LogP contribution in [0.3, 0.4) is 0 Å².